The van der Waals surface area contributed by atoms with Crippen LogP contribution in [0.1, 0.15) is 29.2 Å². The van der Waals surface area contributed by atoms with E-state index in [2.05, 4.69) is 48.2 Å². The third kappa shape index (κ3) is 3.36. The van der Waals surface area contributed by atoms with Gasteiger partial charge in [-0.1, -0.05) is 42.5 Å². The van der Waals surface area contributed by atoms with Gasteiger partial charge < -0.3 is 10.5 Å². The van der Waals surface area contributed by atoms with Gasteiger partial charge in [-0.05, 0) is 60.7 Å². The SMILES string of the molecule is Cc1ccc(O[C@@H]2c3ccccc3C[C@H]2N2CC[C@@H](N)C2)c(-n2nc3ccccc3n2)c1. The first-order valence-corrected chi connectivity index (χ1v) is 11.3. The summed E-state index contributed by atoms with van der Waals surface area (Å²) in [5.74, 6) is 0.797. The molecule has 162 valence electrons. The Balaban J connectivity index is 1.40. The molecule has 3 atom stereocenters. The van der Waals surface area contributed by atoms with Gasteiger partial charge in [0.15, 0.2) is 0 Å². The van der Waals surface area contributed by atoms with Crippen LogP contribution in [0.5, 0.6) is 5.75 Å². The molecule has 4 aromatic rings. The molecule has 1 aliphatic carbocycles. The second kappa shape index (κ2) is 7.73. The molecule has 3 aromatic carbocycles. The lowest BCUT2D eigenvalue weighted by Crippen LogP contribution is -2.40. The van der Waals surface area contributed by atoms with Gasteiger partial charge in [0.2, 0.25) is 0 Å². The molecule has 2 aliphatic rings. The van der Waals surface area contributed by atoms with Crippen molar-refractivity contribution < 1.29 is 4.74 Å². The van der Waals surface area contributed by atoms with E-state index in [-0.39, 0.29) is 18.2 Å². The average molecular weight is 426 g/mol. The van der Waals surface area contributed by atoms with E-state index in [9.17, 15) is 0 Å². The molecule has 1 aromatic heterocycles. The molecule has 0 bridgehead atoms. The van der Waals surface area contributed by atoms with E-state index in [1.54, 1.807) is 4.80 Å². The topological polar surface area (TPSA) is 69.2 Å². The van der Waals surface area contributed by atoms with Crippen molar-refractivity contribution in [2.75, 3.05) is 13.1 Å². The van der Waals surface area contributed by atoms with E-state index in [1.165, 1.54) is 11.1 Å². The molecule has 6 nitrogen and oxygen atoms in total. The Hall–Kier alpha value is -3.22. The van der Waals surface area contributed by atoms with Gasteiger partial charge in [0.05, 0.1) is 6.04 Å². The summed E-state index contributed by atoms with van der Waals surface area (Å²) in [5.41, 5.74) is 12.6. The van der Waals surface area contributed by atoms with Gasteiger partial charge in [0.25, 0.3) is 0 Å². The minimum absolute atomic E-state index is 0.0528. The van der Waals surface area contributed by atoms with Crippen molar-refractivity contribution in [2.45, 2.75) is 38.0 Å². The fraction of sp³-hybridized carbons (Fsp3) is 0.308. The summed E-state index contributed by atoms with van der Waals surface area (Å²) >= 11 is 0. The number of aryl methyl sites for hydroxylation is 1. The monoisotopic (exact) mass is 425 g/mol. The highest BCUT2D eigenvalue weighted by Crippen LogP contribution is 2.40. The van der Waals surface area contributed by atoms with Crippen molar-refractivity contribution in [3.63, 3.8) is 0 Å². The Labute approximate surface area is 187 Å². The minimum Gasteiger partial charge on any atom is -0.482 e. The smallest absolute Gasteiger partial charge is 0.147 e. The fourth-order valence-corrected chi connectivity index (χ4v) is 5.10. The lowest BCUT2D eigenvalue weighted by atomic mass is 10.1. The molecule has 2 heterocycles. The van der Waals surface area contributed by atoms with Crippen LogP contribution in [-0.2, 0) is 6.42 Å². The highest BCUT2D eigenvalue weighted by atomic mass is 16.5. The van der Waals surface area contributed by atoms with E-state index < -0.39 is 0 Å². The number of benzene rings is 3. The summed E-state index contributed by atoms with van der Waals surface area (Å²) < 4.78 is 6.82. The first kappa shape index (κ1) is 19.5. The first-order valence-electron chi connectivity index (χ1n) is 11.3. The van der Waals surface area contributed by atoms with Crippen molar-refractivity contribution in [1.29, 1.82) is 0 Å². The van der Waals surface area contributed by atoms with Crippen LogP contribution >= 0.6 is 0 Å². The van der Waals surface area contributed by atoms with Gasteiger partial charge in [-0.2, -0.15) is 0 Å². The molecule has 0 spiro atoms. The molecule has 0 radical (unpaired) electrons. The fourth-order valence-electron chi connectivity index (χ4n) is 5.10. The zero-order valence-corrected chi connectivity index (χ0v) is 18.2. The second-order valence-corrected chi connectivity index (χ2v) is 9.00. The summed E-state index contributed by atoms with van der Waals surface area (Å²) in [6.07, 6.45) is 1.97. The van der Waals surface area contributed by atoms with E-state index >= 15 is 0 Å². The van der Waals surface area contributed by atoms with Crippen molar-refractivity contribution in [2.24, 2.45) is 5.73 Å². The van der Waals surface area contributed by atoms with Crippen molar-refractivity contribution in [1.82, 2.24) is 19.9 Å². The van der Waals surface area contributed by atoms with Crippen LogP contribution in [0.15, 0.2) is 66.7 Å². The average Bonchev–Trinajstić information content (AvgIpc) is 3.51. The molecular weight excluding hydrogens is 398 g/mol. The summed E-state index contributed by atoms with van der Waals surface area (Å²) in [7, 11) is 0. The first-order chi connectivity index (χ1) is 15.7. The van der Waals surface area contributed by atoms with Crippen molar-refractivity contribution >= 4 is 11.0 Å². The Morgan fingerprint density at radius 3 is 2.47 bits per heavy atom. The van der Waals surface area contributed by atoms with Crippen LogP contribution in [0.25, 0.3) is 16.7 Å². The van der Waals surface area contributed by atoms with Crippen molar-refractivity contribution in [3.05, 3.63) is 83.4 Å². The number of likely N-dealkylation sites (tertiary alicyclic amines) is 1. The maximum absolute atomic E-state index is 6.82. The molecule has 1 aliphatic heterocycles. The number of ether oxygens (including phenoxy) is 1. The van der Waals surface area contributed by atoms with E-state index in [1.807, 2.05) is 30.3 Å². The van der Waals surface area contributed by atoms with Gasteiger partial charge in [-0.15, -0.1) is 15.0 Å². The van der Waals surface area contributed by atoms with Gasteiger partial charge in [0.1, 0.15) is 28.6 Å². The second-order valence-electron chi connectivity index (χ2n) is 9.00. The highest BCUT2D eigenvalue weighted by molar-refractivity contribution is 5.73. The Bertz CT molecular complexity index is 1250. The molecule has 1 saturated heterocycles. The van der Waals surface area contributed by atoms with Crippen molar-refractivity contribution in [3.8, 4) is 11.4 Å². The van der Waals surface area contributed by atoms with Crippen LogP contribution in [-0.4, -0.2) is 45.1 Å². The number of nitrogens with zero attached hydrogens (tertiary/aromatic N) is 4. The lowest BCUT2D eigenvalue weighted by molar-refractivity contribution is 0.0930. The summed E-state index contributed by atoms with van der Waals surface area (Å²) in [6.45, 7) is 4.02. The van der Waals surface area contributed by atoms with Gasteiger partial charge in [-0.25, -0.2) is 0 Å². The Morgan fingerprint density at radius 1 is 0.969 bits per heavy atom. The molecule has 6 heteroatoms. The standard InChI is InChI=1S/C26H27N5O/c1-17-10-11-25(23(14-17)31-28-21-8-4-5-9-22(21)29-31)32-26-20-7-3-2-6-18(20)15-24(26)30-13-12-19(27)16-30/h2-11,14,19,24,26H,12-13,15-16,27H2,1H3/t19-,24-,26-/m1/s1. The maximum Gasteiger partial charge on any atom is 0.147 e. The number of nitrogens with two attached hydrogens (primary N) is 1. The predicted octanol–water partition coefficient (Wildman–Crippen LogP) is 3.81. The van der Waals surface area contributed by atoms with E-state index in [0.717, 1.165) is 54.0 Å². The maximum atomic E-state index is 6.82. The Morgan fingerprint density at radius 2 is 1.72 bits per heavy atom. The summed E-state index contributed by atoms with van der Waals surface area (Å²) in [4.78, 5) is 4.21. The van der Waals surface area contributed by atoms with Gasteiger partial charge in [-0.3, -0.25) is 4.90 Å². The number of hydrogen-bond acceptors (Lipinski definition) is 5. The van der Waals surface area contributed by atoms with E-state index in [4.69, 9.17) is 20.7 Å². The highest BCUT2D eigenvalue weighted by Gasteiger charge is 2.40. The summed E-state index contributed by atoms with van der Waals surface area (Å²) in [6, 6.07) is 23.3. The zero-order valence-electron chi connectivity index (χ0n) is 18.2. The molecule has 0 unspecified atom stereocenters. The molecular formula is C26H27N5O. The normalized spacial score (nSPS) is 23.0. The largest absolute Gasteiger partial charge is 0.482 e. The number of hydrogen-bond donors (Lipinski definition) is 1. The number of aromatic nitrogens is 3. The van der Waals surface area contributed by atoms with Gasteiger partial charge >= 0.3 is 0 Å². The molecule has 6 rings (SSSR count). The number of fused-ring (bicyclic) bond motifs is 2. The van der Waals surface area contributed by atoms with Gasteiger partial charge in [0, 0.05) is 19.1 Å². The third-order valence-electron chi connectivity index (χ3n) is 6.74. The van der Waals surface area contributed by atoms with Crippen LogP contribution in [0.3, 0.4) is 0 Å². The molecule has 0 saturated carbocycles. The molecule has 1 fully saturated rings. The predicted molar refractivity (Wildman–Crippen MR) is 125 cm³/mol. The minimum atomic E-state index is -0.0528. The molecule has 32 heavy (non-hydrogen) atoms. The van der Waals surface area contributed by atoms with Crippen LogP contribution in [0.4, 0.5) is 0 Å². The van der Waals surface area contributed by atoms with Crippen LogP contribution in [0.2, 0.25) is 0 Å². The molecule has 0 amide bonds. The van der Waals surface area contributed by atoms with Crippen LogP contribution in [0, 0.1) is 6.92 Å². The quantitative estimate of drug-likeness (QED) is 0.539. The third-order valence-corrected chi connectivity index (χ3v) is 6.74. The Kier molecular flexibility index (Phi) is 4.70. The molecule has 2 N–H and O–H groups in total. The zero-order chi connectivity index (χ0) is 21.7. The number of rotatable bonds is 4. The van der Waals surface area contributed by atoms with Crippen LogP contribution < -0.4 is 10.5 Å². The van der Waals surface area contributed by atoms with E-state index in [0.29, 0.717) is 0 Å². The summed E-state index contributed by atoms with van der Waals surface area (Å²) in [5, 5.41) is 9.42. The lowest BCUT2D eigenvalue weighted by Gasteiger charge is -2.30.